The molecular formula is C13H26N2O2. The number of nitrogens with one attached hydrogen (secondary N) is 2. The van der Waals surface area contributed by atoms with Crippen LogP contribution in [0.25, 0.3) is 0 Å². The molecule has 0 spiro atoms. The molecule has 0 unspecified atom stereocenters. The SMILES string of the molecule is C=C(C)CC.CNCC(=O)NCC(=O)C(C)C. The molecule has 0 atom stereocenters. The zero-order chi connectivity index (χ0) is 13.8. The largest absolute Gasteiger partial charge is 0.348 e. The van der Waals surface area contributed by atoms with Crippen molar-refractivity contribution in [2.24, 2.45) is 5.92 Å². The molecule has 4 heteroatoms. The van der Waals surface area contributed by atoms with Gasteiger partial charge in [0.2, 0.25) is 5.91 Å². The molecule has 0 rings (SSSR count). The molecule has 0 bridgehead atoms. The summed E-state index contributed by atoms with van der Waals surface area (Å²) in [5.74, 6) is -0.106. The zero-order valence-electron chi connectivity index (χ0n) is 11.7. The fraction of sp³-hybridized carbons (Fsp3) is 0.692. The van der Waals surface area contributed by atoms with Crippen molar-refractivity contribution >= 4 is 11.7 Å². The lowest BCUT2D eigenvalue weighted by molar-refractivity contribution is -0.125. The molecule has 0 aliphatic rings. The first-order chi connectivity index (χ1) is 7.84. The monoisotopic (exact) mass is 242 g/mol. The van der Waals surface area contributed by atoms with Gasteiger partial charge in [-0.3, -0.25) is 9.59 Å². The summed E-state index contributed by atoms with van der Waals surface area (Å²) in [4.78, 5) is 21.9. The standard InChI is InChI=1S/C8H16N2O2.C5H10/c1-6(2)7(11)4-10-8(12)5-9-3;1-4-5(2)3/h6,9H,4-5H2,1-3H3,(H,10,12);2,4H2,1,3H3. The van der Waals surface area contributed by atoms with Crippen molar-refractivity contribution in [2.45, 2.75) is 34.1 Å². The first-order valence-corrected chi connectivity index (χ1v) is 5.93. The molecule has 0 fully saturated rings. The number of Topliss-reactive ketones (excluding diaryl/α,β-unsaturated/α-hetero) is 1. The normalized spacial score (nSPS) is 9.29. The van der Waals surface area contributed by atoms with Crippen molar-refractivity contribution in [2.75, 3.05) is 20.1 Å². The Labute approximate surface area is 105 Å². The van der Waals surface area contributed by atoms with E-state index in [0.717, 1.165) is 6.42 Å². The summed E-state index contributed by atoms with van der Waals surface area (Å²) in [6.07, 6.45) is 1.11. The molecule has 2 N–H and O–H groups in total. The van der Waals surface area contributed by atoms with E-state index in [1.165, 1.54) is 5.57 Å². The summed E-state index contributed by atoms with van der Waals surface area (Å²) in [7, 11) is 1.68. The molecule has 0 saturated heterocycles. The van der Waals surface area contributed by atoms with E-state index in [1.807, 2.05) is 20.8 Å². The van der Waals surface area contributed by atoms with Gasteiger partial charge in [0.15, 0.2) is 5.78 Å². The van der Waals surface area contributed by atoms with Crippen LogP contribution in [0.5, 0.6) is 0 Å². The molecule has 0 aliphatic heterocycles. The van der Waals surface area contributed by atoms with E-state index >= 15 is 0 Å². The molecule has 0 heterocycles. The van der Waals surface area contributed by atoms with E-state index < -0.39 is 0 Å². The average molecular weight is 242 g/mol. The number of amides is 1. The summed E-state index contributed by atoms with van der Waals surface area (Å²) >= 11 is 0. The van der Waals surface area contributed by atoms with Gasteiger partial charge < -0.3 is 10.6 Å². The fourth-order valence-corrected chi connectivity index (χ4v) is 0.613. The summed E-state index contributed by atoms with van der Waals surface area (Å²) in [6.45, 7) is 11.8. The third-order valence-corrected chi connectivity index (χ3v) is 2.04. The lowest BCUT2D eigenvalue weighted by atomic mass is 10.1. The van der Waals surface area contributed by atoms with Crippen LogP contribution in [-0.4, -0.2) is 31.8 Å². The predicted molar refractivity (Wildman–Crippen MR) is 71.9 cm³/mol. The lowest BCUT2D eigenvalue weighted by Gasteiger charge is -2.05. The molecule has 17 heavy (non-hydrogen) atoms. The maximum absolute atomic E-state index is 11.0. The van der Waals surface area contributed by atoms with Gasteiger partial charge in [-0.15, -0.1) is 6.58 Å². The van der Waals surface area contributed by atoms with Crippen LogP contribution in [0.1, 0.15) is 34.1 Å². The van der Waals surface area contributed by atoms with Crippen LogP contribution in [0.3, 0.4) is 0 Å². The molecule has 0 aromatic heterocycles. The highest BCUT2D eigenvalue weighted by molar-refractivity contribution is 5.87. The topological polar surface area (TPSA) is 58.2 Å². The highest BCUT2D eigenvalue weighted by Gasteiger charge is 2.07. The number of allylic oxidation sites excluding steroid dienone is 1. The van der Waals surface area contributed by atoms with Gasteiger partial charge in [-0.05, 0) is 20.4 Å². The third-order valence-electron chi connectivity index (χ3n) is 2.04. The molecule has 4 nitrogen and oxygen atoms in total. The van der Waals surface area contributed by atoms with Crippen molar-refractivity contribution in [1.82, 2.24) is 10.6 Å². The van der Waals surface area contributed by atoms with Crippen LogP contribution in [-0.2, 0) is 9.59 Å². The fourth-order valence-electron chi connectivity index (χ4n) is 0.613. The Morgan fingerprint density at radius 1 is 1.24 bits per heavy atom. The Morgan fingerprint density at radius 3 is 2.00 bits per heavy atom. The molecule has 0 saturated carbocycles. The Morgan fingerprint density at radius 2 is 1.71 bits per heavy atom. The third kappa shape index (κ3) is 14.8. The molecular weight excluding hydrogens is 216 g/mol. The number of likely N-dealkylation sites (N-methyl/N-ethyl adjacent to an activating group) is 1. The average Bonchev–Trinajstić information content (AvgIpc) is 2.26. The van der Waals surface area contributed by atoms with Crippen LogP contribution < -0.4 is 10.6 Å². The van der Waals surface area contributed by atoms with Crippen molar-refractivity contribution in [3.05, 3.63) is 12.2 Å². The van der Waals surface area contributed by atoms with Crippen LogP contribution >= 0.6 is 0 Å². The van der Waals surface area contributed by atoms with Crippen LogP contribution in [0, 0.1) is 5.92 Å². The minimum atomic E-state index is -0.147. The van der Waals surface area contributed by atoms with E-state index in [2.05, 4.69) is 24.1 Å². The maximum atomic E-state index is 11.0. The summed E-state index contributed by atoms with van der Waals surface area (Å²) in [6, 6.07) is 0. The van der Waals surface area contributed by atoms with Gasteiger partial charge in [-0.25, -0.2) is 0 Å². The van der Waals surface area contributed by atoms with Crippen LogP contribution in [0.15, 0.2) is 12.2 Å². The summed E-state index contributed by atoms with van der Waals surface area (Å²) < 4.78 is 0. The Kier molecular flexibility index (Phi) is 12.1. The number of carbonyl (C=O) groups is 2. The highest BCUT2D eigenvalue weighted by atomic mass is 16.2. The smallest absolute Gasteiger partial charge is 0.234 e. The van der Waals surface area contributed by atoms with Crippen LogP contribution in [0.4, 0.5) is 0 Å². The lowest BCUT2D eigenvalue weighted by Crippen LogP contribution is -2.36. The van der Waals surface area contributed by atoms with Crippen molar-refractivity contribution < 1.29 is 9.59 Å². The predicted octanol–water partition coefficient (Wildman–Crippen LogP) is 1.52. The summed E-state index contributed by atoms with van der Waals surface area (Å²) in [5.41, 5.74) is 1.25. The van der Waals surface area contributed by atoms with Gasteiger partial charge in [0, 0.05) is 5.92 Å². The number of carbonyl (C=O) groups excluding carboxylic acids is 2. The van der Waals surface area contributed by atoms with Crippen molar-refractivity contribution in [1.29, 1.82) is 0 Å². The molecule has 1 amide bonds. The van der Waals surface area contributed by atoms with E-state index in [4.69, 9.17) is 0 Å². The number of ketones is 1. The Bertz CT molecular complexity index is 248. The van der Waals surface area contributed by atoms with Crippen LogP contribution in [0.2, 0.25) is 0 Å². The number of hydrogen-bond acceptors (Lipinski definition) is 3. The van der Waals surface area contributed by atoms with E-state index in [0.29, 0.717) is 0 Å². The maximum Gasteiger partial charge on any atom is 0.234 e. The Balaban J connectivity index is 0. The van der Waals surface area contributed by atoms with Crippen molar-refractivity contribution in [3.8, 4) is 0 Å². The first-order valence-electron chi connectivity index (χ1n) is 5.93. The zero-order valence-corrected chi connectivity index (χ0v) is 11.7. The summed E-state index contributed by atoms with van der Waals surface area (Å²) in [5, 5.41) is 5.21. The number of hydrogen-bond donors (Lipinski definition) is 2. The van der Waals surface area contributed by atoms with E-state index in [1.54, 1.807) is 7.05 Å². The number of rotatable bonds is 6. The van der Waals surface area contributed by atoms with Gasteiger partial charge in [0.25, 0.3) is 0 Å². The molecule has 0 radical (unpaired) electrons. The molecule has 0 aromatic rings. The van der Waals surface area contributed by atoms with Gasteiger partial charge in [-0.2, -0.15) is 0 Å². The minimum Gasteiger partial charge on any atom is -0.348 e. The van der Waals surface area contributed by atoms with Crippen molar-refractivity contribution in [3.63, 3.8) is 0 Å². The van der Waals surface area contributed by atoms with Gasteiger partial charge in [0.05, 0.1) is 13.1 Å². The first kappa shape index (κ1) is 18.2. The molecule has 0 aliphatic carbocycles. The van der Waals surface area contributed by atoms with Gasteiger partial charge in [-0.1, -0.05) is 26.3 Å². The minimum absolute atomic E-state index is 0.0140. The van der Waals surface area contributed by atoms with E-state index in [-0.39, 0.29) is 30.7 Å². The van der Waals surface area contributed by atoms with E-state index in [9.17, 15) is 9.59 Å². The second kappa shape index (κ2) is 11.3. The Hall–Kier alpha value is -1.16. The quantitative estimate of drug-likeness (QED) is 0.694. The molecule has 100 valence electrons. The molecule has 0 aromatic carbocycles. The highest BCUT2D eigenvalue weighted by Crippen LogP contribution is 1.91. The second-order valence-electron chi connectivity index (χ2n) is 4.24. The van der Waals surface area contributed by atoms with Gasteiger partial charge >= 0.3 is 0 Å². The van der Waals surface area contributed by atoms with Gasteiger partial charge in [0.1, 0.15) is 0 Å². The second-order valence-corrected chi connectivity index (χ2v) is 4.24.